The van der Waals surface area contributed by atoms with Crippen molar-refractivity contribution in [3.8, 4) is 6.07 Å². The standard InChI is InChI=1S/C16H15N3/c17-12-13-5-3-6-14(11-13)19-10-4-9-18-15-7-1-2-8-16(15)19/h1-3,5-8,11,18H,4,9-10H2. The van der Waals surface area contributed by atoms with Gasteiger partial charge in [0.15, 0.2) is 0 Å². The molecule has 3 heteroatoms. The maximum atomic E-state index is 9.03. The molecule has 1 aliphatic heterocycles. The predicted molar refractivity (Wildman–Crippen MR) is 77.7 cm³/mol. The second-order valence-corrected chi connectivity index (χ2v) is 4.61. The van der Waals surface area contributed by atoms with Gasteiger partial charge < -0.3 is 10.2 Å². The van der Waals surface area contributed by atoms with Gasteiger partial charge in [-0.25, -0.2) is 0 Å². The van der Waals surface area contributed by atoms with Crippen LogP contribution in [0.15, 0.2) is 48.5 Å². The summed E-state index contributed by atoms with van der Waals surface area (Å²) >= 11 is 0. The Morgan fingerprint density at radius 3 is 2.89 bits per heavy atom. The van der Waals surface area contributed by atoms with Gasteiger partial charge in [0.05, 0.1) is 23.0 Å². The Kier molecular flexibility index (Phi) is 3.07. The molecule has 3 nitrogen and oxygen atoms in total. The first-order valence-corrected chi connectivity index (χ1v) is 6.49. The summed E-state index contributed by atoms with van der Waals surface area (Å²) in [5.41, 5.74) is 4.11. The molecule has 0 fully saturated rings. The van der Waals surface area contributed by atoms with E-state index in [4.69, 9.17) is 5.26 Å². The van der Waals surface area contributed by atoms with Crippen LogP contribution in [0.2, 0.25) is 0 Å². The summed E-state index contributed by atoms with van der Waals surface area (Å²) in [6, 6.07) is 18.3. The summed E-state index contributed by atoms with van der Waals surface area (Å²) in [5, 5.41) is 12.5. The summed E-state index contributed by atoms with van der Waals surface area (Å²) in [4.78, 5) is 2.27. The fraction of sp³-hybridized carbons (Fsp3) is 0.188. The van der Waals surface area contributed by atoms with E-state index in [1.165, 1.54) is 5.69 Å². The third-order valence-electron chi connectivity index (χ3n) is 3.36. The van der Waals surface area contributed by atoms with Gasteiger partial charge in [-0.2, -0.15) is 5.26 Å². The molecule has 1 N–H and O–H groups in total. The van der Waals surface area contributed by atoms with Gasteiger partial charge in [-0.1, -0.05) is 18.2 Å². The Labute approximate surface area is 113 Å². The molecule has 0 bridgehead atoms. The van der Waals surface area contributed by atoms with Crippen molar-refractivity contribution in [2.24, 2.45) is 0 Å². The zero-order chi connectivity index (χ0) is 13.1. The smallest absolute Gasteiger partial charge is 0.0992 e. The Hall–Kier alpha value is -2.47. The van der Waals surface area contributed by atoms with Crippen molar-refractivity contribution in [1.82, 2.24) is 0 Å². The number of nitriles is 1. The number of para-hydroxylation sites is 2. The number of rotatable bonds is 1. The third-order valence-corrected chi connectivity index (χ3v) is 3.36. The first-order valence-electron chi connectivity index (χ1n) is 6.49. The molecule has 19 heavy (non-hydrogen) atoms. The lowest BCUT2D eigenvalue weighted by Crippen LogP contribution is -2.17. The first kappa shape index (κ1) is 11.6. The fourth-order valence-electron chi connectivity index (χ4n) is 2.45. The highest BCUT2D eigenvalue weighted by atomic mass is 15.2. The van der Waals surface area contributed by atoms with E-state index in [0.29, 0.717) is 5.56 Å². The van der Waals surface area contributed by atoms with Crippen LogP contribution >= 0.6 is 0 Å². The maximum Gasteiger partial charge on any atom is 0.0992 e. The Balaban J connectivity index is 2.07. The van der Waals surface area contributed by atoms with Crippen LogP contribution < -0.4 is 10.2 Å². The van der Waals surface area contributed by atoms with E-state index in [9.17, 15) is 0 Å². The van der Waals surface area contributed by atoms with Crippen molar-refractivity contribution < 1.29 is 0 Å². The lowest BCUT2D eigenvalue weighted by atomic mass is 10.1. The van der Waals surface area contributed by atoms with E-state index in [0.717, 1.165) is 30.9 Å². The zero-order valence-corrected chi connectivity index (χ0v) is 10.6. The van der Waals surface area contributed by atoms with Crippen molar-refractivity contribution >= 4 is 17.1 Å². The summed E-state index contributed by atoms with van der Waals surface area (Å²) in [5.74, 6) is 0. The monoisotopic (exact) mass is 249 g/mol. The van der Waals surface area contributed by atoms with E-state index in [1.807, 2.05) is 30.3 Å². The van der Waals surface area contributed by atoms with Gasteiger partial charge in [0.25, 0.3) is 0 Å². The molecule has 0 unspecified atom stereocenters. The molecule has 0 saturated heterocycles. The fourth-order valence-corrected chi connectivity index (χ4v) is 2.45. The molecule has 1 heterocycles. The molecule has 0 amide bonds. The summed E-state index contributed by atoms with van der Waals surface area (Å²) < 4.78 is 0. The number of fused-ring (bicyclic) bond motifs is 1. The van der Waals surface area contributed by atoms with Gasteiger partial charge in [0, 0.05) is 18.8 Å². The predicted octanol–water partition coefficient (Wildman–Crippen LogP) is 3.51. The molecular weight excluding hydrogens is 234 g/mol. The maximum absolute atomic E-state index is 9.03. The van der Waals surface area contributed by atoms with Crippen LogP contribution in [0.4, 0.5) is 17.1 Å². The van der Waals surface area contributed by atoms with Crippen LogP contribution in [0, 0.1) is 11.3 Å². The molecule has 0 atom stereocenters. The number of anilines is 3. The first-order chi connectivity index (χ1) is 9.38. The summed E-state index contributed by atoms with van der Waals surface area (Å²) in [6.07, 6.45) is 1.07. The average molecular weight is 249 g/mol. The lowest BCUT2D eigenvalue weighted by Gasteiger charge is -2.24. The lowest BCUT2D eigenvalue weighted by molar-refractivity contribution is 0.863. The summed E-state index contributed by atoms with van der Waals surface area (Å²) in [6.45, 7) is 1.93. The van der Waals surface area contributed by atoms with Gasteiger partial charge in [-0.05, 0) is 36.8 Å². The Morgan fingerprint density at radius 1 is 1.11 bits per heavy atom. The van der Waals surface area contributed by atoms with Gasteiger partial charge in [0.1, 0.15) is 0 Å². The van der Waals surface area contributed by atoms with Crippen LogP contribution in [0.1, 0.15) is 12.0 Å². The highest BCUT2D eigenvalue weighted by Crippen LogP contribution is 2.34. The average Bonchev–Trinajstić information content (AvgIpc) is 2.69. The Bertz CT molecular complexity index is 628. The third kappa shape index (κ3) is 2.25. The van der Waals surface area contributed by atoms with Gasteiger partial charge in [0.2, 0.25) is 0 Å². The number of nitrogens with zero attached hydrogens (tertiary/aromatic N) is 2. The normalized spacial score (nSPS) is 13.9. The minimum Gasteiger partial charge on any atom is -0.383 e. The van der Waals surface area contributed by atoms with Crippen molar-refractivity contribution in [1.29, 1.82) is 5.26 Å². The molecule has 0 aliphatic carbocycles. The van der Waals surface area contributed by atoms with Crippen LogP contribution in [-0.4, -0.2) is 13.1 Å². The highest BCUT2D eigenvalue weighted by molar-refractivity contribution is 5.77. The van der Waals surface area contributed by atoms with E-state index >= 15 is 0 Å². The zero-order valence-electron chi connectivity index (χ0n) is 10.6. The molecule has 2 aromatic rings. The number of hydrogen-bond donors (Lipinski definition) is 1. The van der Waals surface area contributed by atoms with Crippen molar-refractivity contribution in [2.75, 3.05) is 23.3 Å². The minimum absolute atomic E-state index is 0.701. The molecule has 0 radical (unpaired) electrons. The van der Waals surface area contributed by atoms with Crippen LogP contribution in [0.3, 0.4) is 0 Å². The van der Waals surface area contributed by atoms with Crippen LogP contribution in [-0.2, 0) is 0 Å². The molecule has 94 valence electrons. The summed E-state index contributed by atoms with van der Waals surface area (Å²) in [7, 11) is 0. The van der Waals surface area contributed by atoms with Gasteiger partial charge in [-0.3, -0.25) is 0 Å². The van der Waals surface area contributed by atoms with Gasteiger partial charge in [-0.15, -0.1) is 0 Å². The molecule has 0 aromatic heterocycles. The quantitative estimate of drug-likeness (QED) is 0.840. The van der Waals surface area contributed by atoms with Crippen LogP contribution in [0.5, 0.6) is 0 Å². The van der Waals surface area contributed by atoms with Crippen molar-refractivity contribution in [3.63, 3.8) is 0 Å². The van der Waals surface area contributed by atoms with Crippen LogP contribution in [0.25, 0.3) is 0 Å². The minimum atomic E-state index is 0.701. The number of nitrogens with one attached hydrogen (secondary N) is 1. The molecule has 3 rings (SSSR count). The number of hydrogen-bond acceptors (Lipinski definition) is 3. The number of benzene rings is 2. The largest absolute Gasteiger partial charge is 0.383 e. The molecule has 2 aromatic carbocycles. The second-order valence-electron chi connectivity index (χ2n) is 4.61. The van der Waals surface area contributed by atoms with Crippen molar-refractivity contribution in [3.05, 3.63) is 54.1 Å². The van der Waals surface area contributed by atoms with Crippen molar-refractivity contribution in [2.45, 2.75) is 6.42 Å². The molecule has 0 saturated carbocycles. The molecule has 1 aliphatic rings. The van der Waals surface area contributed by atoms with Gasteiger partial charge >= 0.3 is 0 Å². The second kappa shape index (κ2) is 5.03. The van der Waals surface area contributed by atoms with E-state index in [-0.39, 0.29) is 0 Å². The van der Waals surface area contributed by atoms with E-state index < -0.39 is 0 Å². The molecule has 0 spiro atoms. The van der Waals surface area contributed by atoms with E-state index in [1.54, 1.807) is 0 Å². The topological polar surface area (TPSA) is 39.1 Å². The highest BCUT2D eigenvalue weighted by Gasteiger charge is 2.16. The van der Waals surface area contributed by atoms with E-state index in [2.05, 4.69) is 34.5 Å². The SMILES string of the molecule is N#Cc1cccc(N2CCCNc3ccccc32)c1. The molecular formula is C16H15N3. The Morgan fingerprint density at radius 2 is 2.00 bits per heavy atom.